The summed E-state index contributed by atoms with van der Waals surface area (Å²) in [7, 11) is 6.28. The molecule has 2 aromatic carbocycles. The van der Waals surface area contributed by atoms with Gasteiger partial charge >= 0.3 is 29.6 Å². The number of carbonyl (C=O) groups is 2. The smallest absolute Gasteiger partial charge is 1.00 e. The van der Waals surface area contributed by atoms with Gasteiger partial charge in [0.1, 0.15) is 5.75 Å². The molecule has 3 rings (SSSR count). The summed E-state index contributed by atoms with van der Waals surface area (Å²) < 4.78 is 28.1. The Morgan fingerprint density at radius 2 is 1.48 bits per heavy atom. The summed E-state index contributed by atoms with van der Waals surface area (Å²) in [5.41, 5.74) is 2.76. The van der Waals surface area contributed by atoms with Gasteiger partial charge in [0.05, 0.1) is 40.3 Å². The van der Waals surface area contributed by atoms with Crippen LogP contribution in [0.5, 0.6) is 28.7 Å². The first-order valence-electron chi connectivity index (χ1n) is 10.0. The number of hydrogen-bond acceptors (Lipinski definition) is 8. The minimum absolute atomic E-state index is 0. The van der Waals surface area contributed by atoms with Crippen molar-refractivity contribution in [1.29, 1.82) is 0 Å². The minimum Gasteiger partial charge on any atom is -1.00 e. The number of ether oxygens (including phenoxy) is 5. The van der Waals surface area contributed by atoms with E-state index in [0.29, 0.717) is 48.2 Å². The molecule has 0 bridgehead atoms. The van der Waals surface area contributed by atoms with Crippen molar-refractivity contribution in [2.75, 3.05) is 35.0 Å². The van der Waals surface area contributed by atoms with Crippen molar-refractivity contribution in [1.82, 2.24) is 5.32 Å². The first kappa shape index (κ1) is 27.2. The van der Waals surface area contributed by atoms with E-state index in [1.54, 1.807) is 28.4 Å². The van der Waals surface area contributed by atoms with Crippen molar-refractivity contribution < 1.29 is 64.3 Å². The van der Waals surface area contributed by atoms with Crippen LogP contribution in [0.2, 0.25) is 0 Å². The Morgan fingerprint density at radius 3 is 2.00 bits per heavy atom. The van der Waals surface area contributed by atoms with E-state index < -0.39 is 0 Å². The van der Waals surface area contributed by atoms with E-state index in [9.17, 15) is 9.59 Å². The summed E-state index contributed by atoms with van der Waals surface area (Å²) in [6.07, 6.45) is 1.05. The van der Waals surface area contributed by atoms with E-state index in [4.69, 9.17) is 23.7 Å². The van der Waals surface area contributed by atoms with Crippen LogP contribution in [0.4, 0.5) is 4.79 Å². The molecule has 10 heteroatoms. The van der Waals surface area contributed by atoms with Gasteiger partial charge in [0.25, 0.3) is 5.24 Å². The molecule has 174 valence electrons. The van der Waals surface area contributed by atoms with Gasteiger partial charge in [-0.05, 0) is 31.0 Å². The second kappa shape index (κ2) is 12.4. The van der Waals surface area contributed by atoms with Crippen LogP contribution >= 0.6 is 11.8 Å². The Labute approximate surface area is 221 Å². The molecule has 2 amide bonds. The molecular weight excluding hydrogens is 457 g/mol. The van der Waals surface area contributed by atoms with Crippen LogP contribution < -0.4 is 58.6 Å². The molecule has 0 aliphatic carbocycles. The Bertz CT molecular complexity index is 1000. The Balaban J connectivity index is 0.00000289. The Morgan fingerprint density at radius 1 is 0.909 bits per heavy atom. The van der Waals surface area contributed by atoms with Gasteiger partial charge in [-0.25, -0.2) is 0 Å². The zero-order valence-corrected chi connectivity index (χ0v) is 22.6. The number of rotatable bonds is 10. The number of methoxy groups -OCH3 is 4. The molecule has 1 N–H and O–H groups in total. The fourth-order valence-electron chi connectivity index (χ4n) is 3.69. The van der Waals surface area contributed by atoms with Gasteiger partial charge in [-0.3, -0.25) is 14.9 Å². The minimum atomic E-state index is -0.384. The molecule has 2 aromatic rings. The van der Waals surface area contributed by atoms with E-state index in [1.807, 2.05) is 31.2 Å². The summed E-state index contributed by atoms with van der Waals surface area (Å²) in [5, 5.41) is 1.63. The maximum absolute atomic E-state index is 11.7. The molecule has 1 fully saturated rings. The van der Waals surface area contributed by atoms with Crippen LogP contribution in [-0.4, -0.2) is 51.4 Å². The van der Waals surface area contributed by atoms with Crippen molar-refractivity contribution in [2.45, 2.75) is 25.0 Å². The fraction of sp³-hybridized carbons (Fsp3) is 0.391. The third-order valence-corrected chi connectivity index (χ3v) is 6.22. The molecular formula is C23H28NNaO7S. The van der Waals surface area contributed by atoms with Crippen LogP contribution in [-0.2, 0) is 17.6 Å². The maximum atomic E-state index is 11.7. The largest absolute Gasteiger partial charge is 1.00 e. The van der Waals surface area contributed by atoms with Gasteiger partial charge < -0.3 is 25.1 Å². The molecule has 1 unspecified atom stereocenters. The first-order chi connectivity index (χ1) is 15.4. The van der Waals surface area contributed by atoms with Crippen molar-refractivity contribution in [3.8, 4) is 28.7 Å². The summed E-state index contributed by atoms with van der Waals surface area (Å²) in [6, 6.07) is 7.51. The zero-order chi connectivity index (χ0) is 23.3. The second-order valence-electron chi connectivity index (χ2n) is 7.07. The van der Waals surface area contributed by atoms with Gasteiger partial charge in [-0.1, -0.05) is 23.9 Å². The maximum Gasteiger partial charge on any atom is 1.00 e. The number of imide groups is 1. The summed E-state index contributed by atoms with van der Waals surface area (Å²) in [5.74, 6) is 2.61. The predicted octanol–water partition coefficient (Wildman–Crippen LogP) is 0.662. The van der Waals surface area contributed by atoms with Gasteiger partial charge in [-0.2, -0.15) is 0 Å². The molecule has 0 saturated carbocycles. The molecule has 8 nitrogen and oxygen atoms in total. The zero-order valence-electron chi connectivity index (χ0n) is 20.8. The Hall–Kier alpha value is -2.07. The van der Waals surface area contributed by atoms with E-state index in [-0.39, 0.29) is 47.4 Å². The first-order valence-corrected chi connectivity index (χ1v) is 10.9. The van der Waals surface area contributed by atoms with Crippen LogP contribution in [0.15, 0.2) is 24.3 Å². The Kier molecular flexibility index (Phi) is 10.2. The predicted molar refractivity (Wildman–Crippen MR) is 123 cm³/mol. The number of amides is 2. The molecule has 0 spiro atoms. The molecule has 1 heterocycles. The van der Waals surface area contributed by atoms with E-state index in [0.717, 1.165) is 28.5 Å². The van der Waals surface area contributed by atoms with E-state index in [2.05, 4.69) is 5.32 Å². The standard InChI is InChI=1S/C23H27NO7S.Na.H/c1-13-16(19(28-3)21(30-5)20(29-4)18(13)27-2)10-11-31-15-8-6-14(7-9-15)12-17-22(25)24-23(26)32-17;;/h6-9,17H,10-12H2,1-5H3,(H,24,25,26);;/q;+1;-1. The molecule has 0 aromatic heterocycles. The quantitative estimate of drug-likeness (QED) is 0.491. The molecule has 1 atom stereocenters. The topological polar surface area (TPSA) is 92.3 Å². The number of carbonyl (C=O) groups excluding carboxylic acids is 2. The normalized spacial score (nSPS) is 14.9. The number of hydrogen-bond donors (Lipinski definition) is 1. The van der Waals surface area contributed by atoms with Gasteiger partial charge in [0.2, 0.25) is 17.4 Å². The number of thioether (sulfide) groups is 1. The monoisotopic (exact) mass is 485 g/mol. The second-order valence-corrected chi connectivity index (χ2v) is 8.24. The van der Waals surface area contributed by atoms with Crippen LogP contribution in [0.3, 0.4) is 0 Å². The van der Waals surface area contributed by atoms with Crippen LogP contribution in [0.1, 0.15) is 18.1 Å². The van der Waals surface area contributed by atoms with E-state index in [1.165, 1.54) is 0 Å². The van der Waals surface area contributed by atoms with E-state index >= 15 is 0 Å². The molecule has 1 saturated heterocycles. The van der Waals surface area contributed by atoms with Crippen molar-refractivity contribution in [3.05, 3.63) is 41.0 Å². The summed E-state index contributed by atoms with van der Waals surface area (Å²) in [6.45, 7) is 2.35. The van der Waals surface area contributed by atoms with Crippen molar-refractivity contribution in [2.24, 2.45) is 0 Å². The van der Waals surface area contributed by atoms with Gasteiger partial charge in [0, 0.05) is 17.5 Å². The molecule has 0 radical (unpaired) electrons. The van der Waals surface area contributed by atoms with Crippen LogP contribution in [0.25, 0.3) is 0 Å². The summed E-state index contributed by atoms with van der Waals surface area (Å²) >= 11 is 1.03. The summed E-state index contributed by atoms with van der Waals surface area (Å²) in [4.78, 5) is 23.0. The third-order valence-electron chi connectivity index (χ3n) is 5.23. The average molecular weight is 486 g/mol. The third kappa shape index (κ3) is 6.09. The van der Waals surface area contributed by atoms with Gasteiger partial charge in [-0.15, -0.1) is 0 Å². The SMILES string of the molecule is COc1c(C)c(CCOc2ccc(CC3SC(=O)NC3=O)cc2)c(OC)c(OC)c1OC.[H-].[Na+]. The number of nitrogens with one attached hydrogen (secondary N) is 1. The molecule has 1 aliphatic rings. The van der Waals surface area contributed by atoms with Gasteiger partial charge in [0.15, 0.2) is 11.5 Å². The molecule has 33 heavy (non-hydrogen) atoms. The van der Waals surface area contributed by atoms with Crippen molar-refractivity contribution >= 4 is 22.9 Å². The average Bonchev–Trinajstić information content (AvgIpc) is 3.11. The van der Waals surface area contributed by atoms with Crippen LogP contribution in [0, 0.1) is 6.92 Å². The molecule has 1 aliphatic heterocycles. The van der Waals surface area contributed by atoms with Crippen molar-refractivity contribution in [3.63, 3.8) is 0 Å². The fourth-order valence-corrected chi connectivity index (χ4v) is 4.55. The number of benzene rings is 2.